The third kappa shape index (κ3) is 3.10. The minimum atomic E-state index is -0.897. The van der Waals surface area contributed by atoms with E-state index < -0.39 is 5.54 Å². The number of benzene rings is 1. The van der Waals surface area contributed by atoms with E-state index >= 15 is 0 Å². The molecule has 1 unspecified atom stereocenters. The second-order valence-electron chi connectivity index (χ2n) is 5.22. The minimum Gasteiger partial charge on any atom is -0.309 e. The van der Waals surface area contributed by atoms with Gasteiger partial charge in [0.1, 0.15) is 5.54 Å². The second-order valence-corrected chi connectivity index (χ2v) is 5.22. The lowest BCUT2D eigenvalue weighted by atomic mass is 9.92. The van der Waals surface area contributed by atoms with Crippen LogP contribution in [0.25, 0.3) is 0 Å². The SMILES string of the molecule is CCN(CC1CC1)CC(N)(C#N)c1ccccc1. The van der Waals surface area contributed by atoms with Gasteiger partial charge in [0.2, 0.25) is 0 Å². The molecule has 96 valence electrons. The van der Waals surface area contributed by atoms with Crippen molar-refractivity contribution in [2.45, 2.75) is 25.3 Å². The summed E-state index contributed by atoms with van der Waals surface area (Å²) in [5.74, 6) is 0.823. The van der Waals surface area contributed by atoms with Gasteiger partial charge in [0.25, 0.3) is 0 Å². The molecule has 0 aromatic heterocycles. The molecule has 1 aromatic rings. The van der Waals surface area contributed by atoms with Crippen LogP contribution in [0.4, 0.5) is 0 Å². The zero-order chi connectivity index (χ0) is 13.0. The van der Waals surface area contributed by atoms with Crippen LogP contribution in [0.3, 0.4) is 0 Å². The topological polar surface area (TPSA) is 53.0 Å². The standard InChI is InChI=1S/C15H21N3/c1-2-18(10-13-8-9-13)12-15(17,11-16)14-6-4-3-5-7-14/h3-7,13H,2,8-10,12,17H2,1H3. The molecule has 0 bridgehead atoms. The third-order valence-electron chi connectivity index (χ3n) is 3.62. The molecule has 3 nitrogen and oxygen atoms in total. The maximum absolute atomic E-state index is 9.43. The maximum Gasteiger partial charge on any atom is 0.142 e. The molecular weight excluding hydrogens is 222 g/mol. The number of nitrogens with two attached hydrogens (primary N) is 1. The molecular formula is C15H21N3. The normalized spacial score (nSPS) is 18.3. The summed E-state index contributed by atoms with van der Waals surface area (Å²) in [6, 6.07) is 12.0. The first-order chi connectivity index (χ1) is 8.68. The second kappa shape index (κ2) is 5.51. The van der Waals surface area contributed by atoms with Gasteiger partial charge in [0, 0.05) is 13.1 Å². The van der Waals surface area contributed by atoms with Crippen molar-refractivity contribution in [3.63, 3.8) is 0 Å². The zero-order valence-corrected chi connectivity index (χ0v) is 11.0. The highest BCUT2D eigenvalue weighted by atomic mass is 15.1. The molecule has 1 aliphatic rings. The molecule has 1 saturated carbocycles. The van der Waals surface area contributed by atoms with Gasteiger partial charge in [-0.25, -0.2) is 0 Å². The molecule has 0 spiro atoms. The summed E-state index contributed by atoms with van der Waals surface area (Å²) in [4.78, 5) is 2.30. The molecule has 0 heterocycles. The molecule has 1 atom stereocenters. The Balaban J connectivity index is 2.09. The molecule has 18 heavy (non-hydrogen) atoms. The lowest BCUT2D eigenvalue weighted by Crippen LogP contribution is -2.47. The van der Waals surface area contributed by atoms with Gasteiger partial charge < -0.3 is 10.6 Å². The first-order valence-electron chi connectivity index (χ1n) is 6.66. The van der Waals surface area contributed by atoms with E-state index in [-0.39, 0.29) is 0 Å². The molecule has 0 radical (unpaired) electrons. The van der Waals surface area contributed by atoms with Crippen molar-refractivity contribution in [3.05, 3.63) is 35.9 Å². The van der Waals surface area contributed by atoms with Gasteiger partial charge in [-0.1, -0.05) is 37.3 Å². The molecule has 0 aliphatic heterocycles. The van der Waals surface area contributed by atoms with Crippen molar-refractivity contribution in [3.8, 4) is 6.07 Å². The van der Waals surface area contributed by atoms with Crippen molar-refractivity contribution in [2.75, 3.05) is 19.6 Å². The van der Waals surface area contributed by atoms with Gasteiger partial charge in [-0.3, -0.25) is 0 Å². The van der Waals surface area contributed by atoms with E-state index in [0.717, 1.165) is 24.6 Å². The minimum absolute atomic E-state index is 0.612. The Morgan fingerprint density at radius 3 is 2.56 bits per heavy atom. The van der Waals surface area contributed by atoms with E-state index in [1.165, 1.54) is 12.8 Å². The Labute approximate surface area is 109 Å². The first-order valence-corrected chi connectivity index (χ1v) is 6.66. The van der Waals surface area contributed by atoms with Gasteiger partial charge >= 0.3 is 0 Å². The Morgan fingerprint density at radius 2 is 2.06 bits per heavy atom. The Bertz CT molecular complexity index is 419. The average molecular weight is 243 g/mol. The molecule has 1 aliphatic carbocycles. The van der Waals surface area contributed by atoms with Crippen LogP contribution in [-0.2, 0) is 5.54 Å². The number of hydrogen-bond acceptors (Lipinski definition) is 3. The monoisotopic (exact) mass is 243 g/mol. The van der Waals surface area contributed by atoms with Crippen molar-refractivity contribution in [1.82, 2.24) is 4.90 Å². The first kappa shape index (κ1) is 13.1. The number of nitriles is 1. The van der Waals surface area contributed by atoms with E-state index in [9.17, 15) is 5.26 Å². The van der Waals surface area contributed by atoms with Gasteiger partial charge in [0.15, 0.2) is 0 Å². The third-order valence-corrected chi connectivity index (χ3v) is 3.62. The van der Waals surface area contributed by atoms with E-state index in [0.29, 0.717) is 6.54 Å². The summed E-state index contributed by atoms with van der Waals surface area (Å²) < 4.78 is 0. The van der Waals surface area contributed by atoms with Gasteiger partial charge in [-0.05, 0) is 30.9 Å². The lowest BCUT2D eigenvalue weighted by molar-refractivity contribution is 0.236. The van der Waals surface area contributed by atoms with Crippen LogP contribution in [0, 0.1) is 17.2 Å². The number of likely N-dealkylation sites (N-methyl/N-ethyl adjacent to an activating group) is 1. The fraction of sp³-hybridized carbons (Fsp3) is 0.533. The lowest BCUT2D eigenvalue weighted by Gasteiger charge is -2.30. The number of rotatable bonds is 6. The van der Waals surface area contributed by atoms with Crippen molar-refractivity contribution in [1.29, 1.82) is 5.26 Å². The highest BCUT2D eigenvalue weighted by Crippen LogP contribution is 2.30. The van der Waals surface area contributed by atoms with Crippen LogP contribution in [0.1, 0.15) is 25.3 Å². The van der Waals surface area contributed by atoms with Crippen LogP contribution >= 0.6 is 0 Å². The Morgan fingerprint density at radius 1 is 1.39 bits per heavy atom. The number of nitrogens with zero attached hydrogens (tertiary/aromatic N) is 2. The molecule has 1 fully saturated rings. The fourth-order valence-corrected chi connectivity index (χ4v) is 2.25. The summed E-state index contributed by atoms with van der Waals surface area (Å²) in [6.45, 7) is 4.76. The van der Waals surface area contributed by atoms with Crippen LogP contribution in [-0.4, -0.2) is 24.5 Å². The van der Waals surface area contributed by atoms with Crippen LogP contribution in [0.5, 0.6) is 0 Å². The molecule has 3 heteroatoms. The van der Waals surface area contributed by atoms with Crippen molar-refractivity contribution in [2.24, 2.45) is 11.7 Å². The highest BCUT2D eigenvalue weighted by Gasteiger charge is 2.32. The zero-order valence-electron chi connectivity index (χ0n) is 11.0. The van der Waals surface area contributed by atoms with Crippen molar-refractivity contribution < 1.29 is 0 Å². The van der Waals surface area contributed by atoms with E-state index in [1.807, 2.05) is 30.3 Å². The fourth-order valence-electron chi connectivity index (χ4n) is 2.25. The Kier molecular flexibility index (Phi) is 4.00. The maximum atomic E-state index is 9.43. The van der Waals surface area contributed by atoms with Gasteiger partial charge in [-0.15, -0.1) is 0 Å². The van der Waals surface area contributed by atoms with E-state index in [2.05, 4.69) is 17.9 Å². The smallest absolute Gasteiger partial charge is 0.142 e. The number of hydrogen-bond donors (Lipinski definition) is 1. The molecule has 2 N–H and O–H groups in total. The molecule has 0 amide bonds. The van der Waals surface area contributed by atoms with E-state index in [1.54, 1.807) is 0 Å². The molecule has 1 aromatic carbocycles. The molecule has 0 saturated heterocycles. The summed E-state index contributed by atoms with van der Waals surface area (Å²) in [6.07, 6.45) is 2.65. The van der Waals surface area contributed by atoms with Crippen LogP contribution in [0.2, 0.25) is 0 Å². The van der Waals surface area contributed by atoms with Crippen LogP contribution in [0.15, 0.2) is 30.3 Å². The van der Waals surface area contributed by atoms with Crippen LogP contribution < -0.4 is 5.73 Å². The predicted octanol–water partition coefficient (Wildman–Crippen LogP) is 2.10. The van der Waals surface area contributed by atoms with Gasteiger partial charge in [0.05, 0.1) is 6.07 Å². The quantitative estimate of drug-likeness (QED) is 0.832. The van der Waals surface area contributed by atoms with E-state index in [4.69, 9.17) is 5.73 Å². The Hall–Kier alpha value is -1.37. The molecule has 2 rings (SSSR count). The average Bonchev–Trinajstić information content (AvgIpc) is 3.23. The summed E-state index contributed by atoms with van der Waals surface area (Å²) in [5, 5.41) is 9.43. The largest absolute Gasteiger partial charge is 0.309 e. The van der Waals surface area contributed by atoms with Crippen molar-refractivity contribution >= 4 is 0 Å². The summed E-state index contributed by atoms with van der Waals surface area (Å²) >= 11 is 0. The highest BCUT2D eigenvalue weighted by molar-refractivity contribution is 5.31. The van der Waals surface area contributed by atoms with Gasteiger partial charge in [-0.2, -0.15) is 5.26 Å². The summed E-state index contributed by atoms with van der Waals surface area (Å²) in [5.41, 5.74) is 6.30. The summed E-state index contributed by atoms with van der Waals surface area (Å²) in [7, 11) is 0. The predicted molar refractivity (Wildman–Crippen MR) is 72.8 cm³/mol.